The van der Waals surface area contributed by atoms with Gasteiger partial charge in [-0.3, -0.25) is 0 Å². The van der Waals surface area contributed by atoms with Crippen molar-refractivity contribution < 1.29 is 0 Å². The van der Waals surface area contributed by atoms with Crippen LogP contribution in [-0.2, 0) is 0 Å². The Balaban J connectivity index is 1.17. The molecule has 0 fully saturated rings. The van der Waals surface area contributed by atoms with Gasteiger partial charge in [-0.15, -0.1) is 0 Å². The molecule has 13 aromatic rings. The van der Waals surface area contributed by atoms with Gasteiger partial charge in [0.05, 0.1) is 0 Å². The standard InChI is InChI=1S/C78H58Si2/c1-7-26-59(27-8-1)65-38-19-44-71(52-65)79(72-45-20-39-66(53-72)60-28-9-2-10-29-60,73-46-21-40-67(54-73)61-30-11-3-12-31-61)77-50-25-51-78(58-77)80(74-47-22-41-68(55-74)62-32-13-4-14-33-62,75-48-23-42-69(56-75)63-34-15-5-16-35-63)76-49-24-43-70(57-76)64-36-17-6-18-37-64/h1-58H. The minimum absolute atomic E-state index is 1.20. The van der Waals surface area contributed by atoms with Gasteiger partial charge in [0.15, 0.2) is 16.1 Å². The molecule has 0 aliphatic carbocycles. The van der Waals surface area contributed by atoms with Gasteiger partial charge in [0.1, 0.15) is 0 Å². The molecule has 0 atom stereocenters. The fourth-order valence-electron chi connectivity index (χ4n) is 12.4. The summed E-state index contributed by atoms with van der Waals surface area (Å²) in [6.07, 6.45) is 0. The lowest BCUT2D eigenvalue weighted by Crippen LogP contribution is -2.78. The average Bonchev–Trinajstić information content (AvgIpc) is 3.62. The largest absolute Gasteiger partial charge is 0.179 e. The Morgan fingerprint density at radius 2 is 0.250 bits per heavy atom. The van der Waals surface area contributed by atoms with Gasteiger partial charge in [0.2, 0.25) is 0 Å². The third-order valence-corrected chi connectivity index (χ3v) is 25.6. The molecule has 80 heavy (non-hydrogen) atoms. The van der Waals surface area contributed by atoms with Crippen molar-refractivity contribution in [2.45, 2.75) is 0 Å². The van der Waals surface area contributed by atoms with Gasteiger partial charge in [-0.1, -0.05) is 352 Å². The fourth-order valence-corrected chi connectivity index (χ4v) is 22.3. The number of hydrogen-bond acceptors (Lipinski definition) is 0. The lowest BCUT2D eigenvalue weighted by molar-refractivity contribution is 1.60. The van der Waals surface area contributed by atoms with Crippen LogP contribution < -0.4 is 41.5 Å². The summed E-state index contributed by atoms with van der Waals surface area (Å²) in [7, 11) is -6.75. The Morgan fingerprint density at radius 1 is 0.113 bits per heavy atom. The lowest BCUT2D eigenvalue weighted by atomic mass is 10.1. The zero-order valence-electron chi connectivity index (χ0n) is 44.5. The Kier molecular flexibility index (Phi) is 13.9. The van der Waals surface area contributed by atoms with Crippen molar-refractivity contribution in [3.05, 3.63) is 352 Å². The molecule has 0 unspecified atom stereocenters. The molecular weight excluding hydrogens is 993 g/mol. The summed E-state index contributed by atoms with van der Waals surface area (Å²) >= 11 is 0. The predicted molar refractivity (Wildman–Crippen MR) is 346 cm³/mol. The molecule has 378 valence electrons. The first kappa shape index (κ1) is 49.8. The molecule has 0 radical (unpaired) electrons. The topological polar surface area (TPSA) is 0 Å². The summed E-state index contributed by atoms with van der Waals surface area (Å²) in [4.78, 5) is 0. The Bertz CT molecular complexity index is 3540. The van der Waals surface area contributed by atoms with E-state index >= 15 is 0 Å². The number of rotatable bonds is 14. The zero-order chi connectivity index (χ0) is 53.6. The van der Waals surface area contributed by atoms with Crippen molar-refractivity contribution >= 4 is 57.6 Å². The Labute approximate surface area is 473 Å². The molecule has 0 bridgehead atoms. The van der Waals surface area contributed by atoms with Crippen LogP contribution in [-0.4, -0.2) is 16.1 Å². The van der Waals surface area contributed by atoms with Crippen molar-refractivity contribution in [3.8, 4) is 66.8 Å². The van der Waals surface area contributed by atoms with Crippen molar-refractivity contribution in [2.24, 2.45) is 0 Å². The summed E-state index contributed by atoms with van der Waals surface area (Å²) in [5.74, 6) is 0. The molecule has 0 spiro atoms. The highest BCUT2D eigenvalue weighted by Gasteiger charge is 2.46. The van der Waals surface area contributed by atoms with Crippen LogP contribution in [0.3, 0.4) is 0 Å². The molecule has 0 saturated heterocycles. The lowest BCUT2D eigenvalue weighted by Gasteiger charge is -2.38. The summed E-state index contributed by atoms with van der Waals surface area (Å²) < 4.78 is 0. The summed E-state index contributed by atoms with van der Waals surface area (Å²) in [6, 6.07) is 133. The van der Waals surface area contributed by atoms with Crippen LogP contribution >= 0.6 is 0 Å². The van der Waals surface area contributed by atoms with E-state index in [0.29, 0.717) is 0 Å². The highest BCUT2D eigenvalue weighted by atomic mass is 28.3. The van der Waals surface area contributed by atoms with Crippen molar-refractivity contribution in [2.75, 3.05) is 0 Å². The second-order valence-electron chi connectivity index (χ2n) is 20.8. The molecule has 13 rings (SSSR count). The van der Waals surface area contributed by atoms with Crippen LogP contribution in [0.25, 0.3) is 66.8 Å². The normalized spacial score (nSPS) is 11.5. The van der Waals surface area contributed by atoms with Gasteiger partial charge in [0.25, 0.3) is 0 Å². The Hall–Kier alpha value is -9.71. The van der Waals surface area contributed by atoms with E-state index in [2.05, 4.69) is 352 Å². The quantitative estimate of drug-likeness (QED) is 0.0752. The summed E-state index contributed by atoms with van der Waals surface area (Å²) in [6.45, 7) is 0. The van der Waals surface area contributed by atoms with E-state index in [1.807, 2.05) is 0 Å². The smallest absolute Gasteiger partial charge is 0.0624 e. The van der Waals surface area contributed by atoms with Crippen LogP contribution in [0.5, 0.6) is 0 Å². The first-order chi connectivity index (χ1) is 39.6. The third-order valence-electron chi connectivity index (χ3n) is 16.1. The maximum atomic E-state index is 2.68. The van der Waals surface area contributed by atoms with E-state index in [4.69, 9.17) is 0 Å². The highest BCUT2D eigenvalue weighted by Crippen LogP contribution is 2.28. The maximum absolute atomic E-state index is 3.37. The van der Waals surface area contributed by atoms with Gasteiger partial charge in [-0.25, -0.2) is 0 Å². The third kappa shape index (κ3) is 9.51. The molecule has 0 N–H and O–H groups in total. The van der Waals surface area contributed by atoms with E-state index < -0.39 is 16.1 Å². The number of benzene rings is 13. The van der Waals surface area contributed by atoms with Crippen LogP contribution in [0.2, 0.25) is 0 Å². The molecule has 2 heteroatoms. The highest BCUT2D eigenvalue weighted by molar-refractivity contribution is 7.22. The molecule has 0 aromatic heterocycles. The maximum Gasteiger partial charge on any atom is 0.179 e. The molecule has 13 aromatic carbocycles. The molecule has 0 amide bonds. The monoisotopic (exact) mass is 1050 g/mol. The fraction of sp³-hybridized carbons (Fsp3) is 0. The van der Waals surface area contributed by atoms with Gasteiger partial charge >= 0.3 is 0 Å². The van der Waals surface area contributed by atoms with E-state index in [1.54, 1.807) is 0 Å². The van der Waals surface area contributed by atoms with Gasteiger partial charge < -0.3 is 0 Å². The van der Waals surface area contributed by atoms with E-state index in [1.165, 1.54) is 108 Å². The molecule has 0 aliphatic rings. The van der Waals surface area contributed by atoms with Crippen LogP contribution in [0, 0.1) is 0 Å². The van der Waals surface area contributed by atoms with Crippen molar-refractivity contribution in [1.29, 1.82) is 0 Å². The minimum Gasteiger partial charge on any atom is -0.0624 e. The molecule has 0 aliphatic heterocycles. The second-order valence-corrected chi connectivity index (χ2v) is 28.4. The molecular formula is C78H58Si2. The average molecular weight is 1050 g/mol. The molecule has 0 nitrogen and oxygen atoms in total. The van der Waals surface area contributed by atoms with E-state index in [0.717, 1.165) is 0 Å². The minimum atomic E-state index is -3.37. The SMILES string of the molecule is c1ccc(-c2cccc([Si](c3cccc(-c4ccccc4)c3)(c3cccc(-c4ccccc4)c3)c3cccc([Si](c4cccc(-c5ccccc5)c4)(c4cccc(-c5ccccc5)c4)c4cccc(-c5ccccc5)c4)c3)c2)cc1. The van der Waals surface area contributed by atoms with E-state index in [-0.39, 0.29) is 0 Å². The van der Waals surface area contributed by atoms with Crippen LogP contribution in [0.1, 0.15) is 0 Å². The first-order valence-electron chi connectivity index (χ1n) is 27.7. The first-order valence-corrected chi connectivity index (χ1v) is 31.7. The van der Waals surface area contributed by atoms with Crippen molar-refractivity contribution in [3.63, 3.8) is 0 Å². The molecule has 0 heterocycles. The van der Waals surface area contributed by atoms with Gasteiger partial charge in [0, 0.05) is 0 Å². The zero-order valence-corrected chi connectivity index (χ0v) is 46.5. The van der Waals surface area contributed by atoms with Gasteiger partial charge in [-0.05, 0) is 108 Å². The van der Waals surface area contributed by atoms with Crippen molar-refractivity contribution in [1.82, 2.24) is 0 Å². The van der Waals surface area contributed by atoms with E-state index in [9.17, 15) is 0 Å². The summed E-state index contributed by atoms with van der Waals surface area (Å²) in [5.41, 5.74) is 14.4. The Morgan fingerprint density at radius 3 is 0.425 bits per heavy atom. The predicted octanol–water partition coefficient (Wildman–Crippen LogP) is 14.4. The molecule has 0 saturated carbocycles. The van der Waals surface area contributed by atoms with Crippen LogP contribution in [0.4, 0.5) is 0 Å². The van der Waals surface area contributed by atoms with Crippen LogP contribution in [0.15, 0.2) is 352 Å². The number of hydrogen-bond donors (Lipinski definition) is 0. The van der Waals surface area contributed by atoms with Gasteiger partial charge in [-0.2, -0.15) is 0 Å². The second kappa shape index (κ2) is 22.3. The summed E-state index contributed by atoms with van der Waals surface area (Å²) in [5, 5.41) is 10.6.